The van der Waals surface area contributed by atoms with Crippen LogP contribution in [-0.2, 0) is 0 Å². The van der Waals surface area contributed by atoms with Gasteiger partial charge < -0.3 is 5.73 Å². The summed E-state index contributed by atoms with van der Waals surface area (Å²) < 4.78 is 2.68. The lowest BCUT2D eigenvalue weighted by molar-refractivity contribution is 0.681. The van der Waals surface area contributed by atoms with E-state index < -0.39 is 0 Å². The fraction of sp³-hybridized carbons (Fsp3) is 0.158. The largest absolute Gasteiger partial charge is 0.401 e. The lowest BCUT2D eigenvalue weighted by Crippen LogP contribution is -2.13. The predicted octanol–water partition coefficient (Wildman–Crippen LogP) is 5.32. The Hall–Kier alpha value is -2.06. The van der Waals surface area contributed by atoms with Crippen molar-refractivity contribution in [3.63, 3.8) is 0 Å². The van der Waals surface area contributed by atoms with E-state index in [4.69, 9.17) is 5.73 Å². The van der Waals surface area contributed by atoms with Crippen LogP contribution in [0.5, 0.6) is 0 Å². The van der Waals surface area contributed by atoms with E-state index in [1.807, 2.05) is 11.3 Å². The van der Waals surface area contributed by atoms with Crippen LogP contribution in [0.1, 0.15) is 18.9 Å². The van der Waals surface area contributed by atoms with Crippen LogP contribution in [0.15, 0.2) is 60.3 Å². The molecule has 0 fully saturated rings. The molecule has 0 aliphatic heterocycles. The molecule has 0 amide bonds. The minimum atomic E-state index is 0.433. The molecule has 1 unspecified atom stereocenters. The van der Waals surface area contributed by atoms with Gasteiger partial charge in [-0.15, -0.1) is 11.3 Å². The molecule has 0 saturated heterocycles. The van der Waals surface area contributed by atoms with E-state index in [0.717, 1.165) is 12.1 Å². The van der Waals surface area contributed by atoms with Crippen LogP contribution in [0.3, 0.4) is 0 Å². The van der Waals surface area contributed by atoms with Gasteiger partial charge in [-0.25, -0.2) is 0 Å². The monoisotopic (exact) mass is 291 g/mol. The Morgan fingerprint density at radius 1 is 1.05 bits per heavy atom. The van der Waals surface area contributed by atoms with Crippen LogP contribution in [0.4, 0.5) is 0 Å². The van der Waals surface area contributed by atoms with Gasteiger partial charge in [0.1, 0.15) is 0 Å². The summed E-state index contributed by atoms with van der Waals surface area (Å²) in [6, 6.07) is 15.3. The molecular weight excluding hydrogens is 274 g/mol. The maximum atomic E-state index is 6.31. The van der Waals surface area contributed by atoms with Gasteiger partial charge in [0.05, 0.1) is 0 Å². The summed E-state index contributed by atoms with van der Waals surface area (Å²) >= 11 is 1.85. The average molecular weight is 291 g/mol. The van der Waals surface area contributed by atoms with Crippen LogP contribution < -0.4 is 5.73 Å². The Bertz CT molecular complexity index is 898. The van der Waals surface area contributed by atoms with Gasteiger partial charge in [-0.1, -0.05) is 49.4 Å². The first-order valence-corrected chi connectivity index (χ1v) is 8.13. The number of nitrogens with two attached hydrogens (primary N) is 1. The Balaban J connectivity index is 1.94. The van der Waals surface area contributed by atoms with Crippen LogP contribution in [-0.4, -0.2) is 0 Å². The third-order valence-corrected chi connectivity index (χ3v) is 5.44. The summed E-state index contributed by atoms with van der Waals surface area (Å²) in [6.07, 6.45) is 5.44. The van der Waals surface area contributed by atoms with E-state index >= 15 is 0 Å². The van der Waals surface area contributed by atoms with Crippen LogP contribution in [0, 0.1) is 5.92 Å². The summed E-state index contributed by atoms with van der Waals surface area (Å²) in [5, 5.41) is 2.69. The van der Waals surface area contributed by atoms with E-state index in [-0.39, 0.29) is 0 Å². The molecule has 2 heteroatoms. The number of benzene rings is 2. The Kier molecular flexibility index (Phi) is 2.86. The first-order chi connectivity index (χ1) is 10.2. The molecule has 1 heterocycles. The Morgan fingerprint density at radius 3 is 2.76 bits per heavy atom. The number of fused-ring (bicyclic) bond motifs is 3. The van der Waals surface area contributed by atoms with Crippen molar-refractivity contribution in [2.75, 3.05) is 0 Å². The summed E-state index contributed by atoms with van der Waals surface area (Å²) in [4.78, 5) is 0. The molecule has 0 bridgehead atoms. The second-order valence-electron chi connectivity index (χ2n) is 5.72. The molecule has 2 aromatic carbocycles. The molecule has 0 saturated carbocycles. The van der Waals surface area contributed by atoms with Crippen molar-refractivity contribution in [1.82, 2.24) is 0 Å². The van der Waals surface area contributed by atoms with Crippen molar-refractivity contribution in [1.29, 1.82) is 0 Å². The van der Waals surface area contributed by atoms with E-state index in [1.54, 1.807) is 0 Å². The lowest BCUT2D eigenvalue weighted by atomic mass is 9.90. The van der Waals surface area contributed by atoms with Gasteiger partial charge in [0.25, 0.3) is 0 Å². The van der Waals surface area contributed by atoms with Gasteiger partial charge in [-0.3, -0.25) is 0 Å². The summed E-state index contributed by atoms with van der Waals surface area (Å²) in [7, 11) is 0. The minimum Gasteiger partial charge on any atom is -0.401 e. The molecule has 1 aliphatic carbocycles. The summed E-state index contributed by atoms with van der Waals surface area (Å²) in [6.45, 7) is 2.19. The maximum absolute atomic E-state index is 6.31. The molecule has 1 atom stereocenters. The number of allylic oxidation sites excluding steroid dienone is 4. The summed E-state index contributed by atoms with van der Waals surface area (Å²) in [5.41, 5.74) is 9.74. The molecule has 2 N–H and O–H groups in total. The molecule has 1 aliphatic rings. The minimum absolute atomic E-state index is 0.433. The fourth-order valence-corrected chi connectivity index (χ4v) is 4.18. The van der Waals surface area contributed by atoms with E-state index in [0.29, 0.717) is 5.92 Å². The number of hydrogen-bond acceptors (Lipinski definition) is 2. The highest BCUT2D eigenvalue weighted by Crippen LogP contribution is 2.36. The first kappa shape index (κ1) is 12.7. The molecule has 1 aromatic heterocycles. The highest BCUT2D eigenvalue weighted by molar-refractivity contribution is 7.25. The van der Waals surface area contributed by atoms with Crippen LogP contribution >= 0.6 is 11.3 Å². The van der Waals surface area contributed by atoms with E-state index in [2.05, 4.69) is 61.5 Å². The molecule has 21 heavy (non-hydrogen) atoms. The quantitative estimate of drug-likeness (QED) is 0.645. The van der Waals surface area contributed by atoms with Crippen molar-refractivity contribution in [3.8, 4) is 0 Å². The van der Waals surface area contributed by atoms with Gasteiger partial charge in [0.15, 0.2) is 0 Å². The van der Waals surface area contributed by atoms with Crippen molar-refractivity contribution in [2.24, 2.45) is 11.7 Å². The first-order valence-electron chi connectivity index (χ1n) is 7.32. The zero-order valence-corrected chi connectivity index (χ0v) is 12.8. The number of hydrogen-bond donors (Lipinski definition) is 1. The van der Waals surface area contributed by atoms with Crippen molar-refractivity contribution in [2.45, 2.75) is 13.3 Å². The summed E-state index contributed by atoms with van der Waals surface area (Å²) in [5.74, 6) is 0.433. The van der Waals surface area contributed by atoms with Gasteiger partial charge in [-0.05, 0) is 30.0 Å². The molecule has 1 nitrogen and oxygen atoms in total. The van der Waals surface area contributed by atoms with Gasteiger partial charge in [-0.2, -0.15) is 0 Å². The van der Waals surface area contributed by atoms with Gasteiger partial charge in [0, 0.05) is 31.4 Å². The SMILES string of the molecule is CC1CC=CC(c2ccc3c(c2)sc2ccccc23)=C1N. The second kappa shape index (κ2) is 4.74. The molecule has 3 aromatic rings. The molecule has 0 radical (unpaired) electrons. The average Bonchev–Trinajstić information content (AvgIpc) is 2.87. The topological polar surface area (TPSA) is 26.0 Å². The van der Waals surface area contributed by atoms with Gasteiger partial charge in [0.2, 0.25) is 0 Å². The lowest BCUT2D eigenvalue weighted by Gasteiger charge is -2.18. The van der Waals surface area contributed by atoms with Crippen LogP contribution in [0.25, 0.3) is 25.7 Å². The zero-order valence-electron chi connectivity index (χ0n) is 12.0. The van der Waals surface area contributed by atoms with Crippen molar-refractivity contribution >= 4 is 37.1 Å². The highest BCUT2D eigenvalue weighted by Gasteiger charge is 2.15. The smallest absolute Gasteiger partial charge is 0.0361 e. The zero-order chi connectivity index (χ0) is 14.4. The predicted molar refractivity (Wildman–Crippen MR) is 93.4 cm³/mol. The highest BCUT2D eigenvalue weighted by atomic mass is 32.1. The number of thiophene rings is 1. The third kappa shape index (κ3) is 1.98. The number of rotatable bonds is 1. The third-order valence-electron chi connectivity index (χ3n) is 4.31. The molecule has 4 rings (SSSR count). The Morgan fingerprint density at radius 2 is 1.86 bits per heavy atom. The fourth-order valence-electron chi connectivity index (χ4n) is 3.03. The van der Waals surface area contributed by atoms with E-state index in [1.165, 1.54) is 31.3 Å². The molecule has 0 spiro atoms. The normalized spacial score (nSPS) is 18.8. The van der Waals surface area contributed by atoms with Crippen molar-refractivity contribution in [3.05, 3.63) is 65.9 Å². The molecule has 104 valence electrons. The van der Waals surface area contributed by atoms with Crippen molar-refractivity contribution < 1.29 is 0 Å². The van der Waals surface area contributed by atoms with Crippen LogP contribution in [0.2, 0.25) is 0 Å². The maximum Gasteiger partial charge on any atom is 0.0361 e. The van der Waals surface area contributed by atoms with Gasteiger partial charge >= 0.3 is 0 Å². The standard InChI is InChI=1S/C19H17NS/c1-12-5-4-7-14(19(12)20)13-9-10-16-15-6-2-3-8-17(15)21-18(16)11-13/h2-4,6-12H,5,20H2,1H3. The Labute approximate surface area is 128 Å². The second-order valence-corrected chi connectivity index (χ2v) is 6.80. The van der Waals surface area contributed by atoms with E-state index in [9.17, 15) is 0 Å². The molecular formula is C19H17NS.